The molecule has 0 saturated carbocycles. The summed E-state index contributed by atoms with van der Waals surface area (Å²) >= 11 is 6.88. The molecule has 2 fully saturated rings. The molecule has 1 aromatic carbocycles. The van der Waals surface area contributed by atoms with Crippen LogP contribution in [-0.2, 0) is 6.54 Å². The third-order valence-corrected chi connectivity index (χ3v) is 7.64. The summed E-state index contributed by atoms with van der Waals surface area (Å²) in [4.78, 5) is 19.7. The summed E-state index contributed by atoms with van der Waals surface area (Å²) in [6.45, 7) is 2.17. The Labute approximate surface area is 205 Å². The first kappa shape index (κ1) is 20.8. The molecule has 4 aromatic heterocycles. The first-order chi connectivity index (χ1) is 17.0. The van der Waals surface area contributed by atoms with Crippen molar-refractivity contribution in [1.29, 1.82) is 0 Å². The lowest BCUT2D eigenvalue weighted by Gasteiger charge is -2.38. The van der Waals surface area contributed by atoms with Gasteiger partial charge in [0, 0.05) is 47.0 Å². The predicted octanol–water partition coefficient (Wildman–Crippen LogP) is 3.83. The van der Waals surface area contributed by atoms with E-state index in [0.717, 1.165) is 51.9 Å². The second kappa shape index (κ2) is 7.76. The van der Waals surface area contributed by atoms with E-state index in [1.54, 1.807) is 11.6 Å². The molecule has 2 bridgehead atoms. The van der Waals surface area contributed by atoms with Crippen molar-refractivity contribution >= 4 is 39.5 Å². The number of fused-ring (bicyclic) bond motifs is 4. The Balaban J connectivity index is 1.23. The normalized spacial score (nSPS) is 22.0. The van der Waals surface area contributed by atoms with Crippen LogP contribution < -0.4 is 10.6 Å². The molecule has 2 aliphatic rings. The number of benzene rings is 1. The molecule has 7 rings (SSSR count). The van der Waals surface area contributed by atoms with Gasteiger partial charge >= 0.3 is 0 Å². The molecule has 11 heteroatoms. The van der Waals surface area contributed by atoms with Crippen LogP contribution in [0.25, 0.3) is 33.2 Å². The summed E-state index contributed by atoms with van der Waals surface area (Å²) < 4.78 is 6.97. The van der Waals surface area contributed by atoms with Crippen molar-refractivity contribution in [3.8, 4) is 11.1 Å². The molecule has 6 heterocycles. The van der Waals surface area contributed by atoms with Gasteiger partial charge in [0.2, 0.25) is 5.89 Å². The molecule has 35 heavy (non-hydrogen) atoms. The number of H-pyrrole nitrogens is 1. The van der Waals surface area contributed by atoms with Gasteiger partial charge in [-0.05, 0) is 38.7 Å². The van der Waals surface area contributed by atoms with Crippen molar-refractivity contribution in [3.05, 3.63) is 47.5 Å². The average Bonchev–Trinajstić information content (AvgIpc) is 3.60. The highest BCUT2D eigenvalue weighted by molar-refractivity contribution is 6.38. The number of anilines is 1. The van der Waals surface area contributed by atoms with E-state index in [0.29, 0.717) is 35.4 Å². The third-order valence-electron chi connectivity index (χ3n) is 7.23. The van der Waals surface area contributed by atoms with Crippen molar-refractivity contribution in [2.24, 2.45) is 5.73 Å². The van der Waals surface area contributed by atoms with E-state index in [1.807, 2.05) is 30.7 Å². The Morgan fingerprint density at radius 2 is 2.00 bits per heavy atom. The third kappa shape index (κ3) is 3.39. The van der Waals surface area contributed by atoms with Gasteiger partial charge in [-0.15, -0.1) is 0 Å². The molecule has 1 unspecified atom stereocenters. The van der Waals surface area contributed by atoms with Gasteiger partial charge in [0.15, 0.2) is 11.5 Å². The lowest BCUT2D eigenvalue weighted by molar-refractivity contribution is 0.363. The van der Waals surface area contributed by atoms with E-state index >= 15 is 0 Å². The van der Waals surface area contributed by atoms with E-state index in [4.69, 9.17) is 31.8 Å². The largest absolute Gasteiger partial charge is 0.349 e. The fraction of sp³-hybridized carbons (Fsp3) is 0.375. The first-order valence-electron chi connectivity index (χ1n) is 11.9. The van der Waals surface area contributed by atoms with E-state index < -0.39 is 0 Å². The van der Waals surface area contributed by atoms with Crippen LogP contribution in [0, 0.1) is 6.92 Å². The molecule has 5 aromatic rings. The number of aromatic amines is 1. The number of aryl methyl sites for hydroxylation is 1. The van der Waals surface area contributed by atoms with Gasteiger partial charge in [0.05, 0.1) is 16.7 Å². The van der Waals surface area contributed by atoms with E-state index in [2.05, 4.69) is 25.1 Å². The van der Waals surface area contributed by atoms with E-state index in [-0.39, 0.29) is 6.04 Å². The molecule has 3 N–H and O–H groups in total. The number of hydrogen-bond donors (Lipinski definition) is 2. The second-order valence-electron chi connectivity index (χ2n) is 9.57. The Kier molecular flexibility index (Phi) is 4.62. The van der Waals surface area contributed by atoms with Crippen LogP contribution in [0.3, 0.4) is 0 Å². The molecule has 0 radical (unpaired) electrons. The topological polar surface area (TPSA) is 128 Å². The van der Waals surface area contributed by atoms with Crippen molar-refractivity contribution in [2.45, 2.75) is 57.3 Å². The SMILES string of the molecule is Cc1noc(Cn2cc3c(Cl)c(-c4c[nH]c5nc(N6[C@@H]7CC[C@H]6CC(N)C7)cnc45)ccc3n2)n1. The lowest BCUT2D eigenvalue weighted by atomic mass is 9.98. The zero-order valence-corrected chi connectivity index (χ0v) is 19.9. The fourth-order valence-electron chi connectivity index (χ4n) is 5.75. The number of halogens is 1. The van der Waals surface area contributed by atoms with Crippen LogP contribution in [0.1, 0.15) is 37.4 Å². The Bertz CT molecular complexity index is 1560. The highest BCUT2D eigenvalue weighted by Gasteiger charge is 2.40. The van der Waals surface area contributed by atoms with Crippen molar-refractivity contribution in [2.75, 3.05) is 4.90 Å². The number of rotatable bonds is 4. The standard InChI is InChI=1S/C24H24ClN9O/c1-12-29-21(35-32-12)11-33-10-18-19(31-33)5-4-16(22(18)25)17-8-28-24-23(17)27-9-20(30-24)34-14-2-3-15(34)7-13(26)6-14/h4-5,8-10,13-15H,2-3,6-7,11,26H2,1H3,(H,28,30)/t13?,14-,15+. The molecule has 178 valence electrons. The maximum absolute atomic E-state index is 6.88. The summed E-state index contributed by atoms with van der Waals surface area (Å²) in [5.41, 5.74) is 10.4. The molecule has 0 aliphatic carbocycles. The smallest absolute Gasteiger partial charge is 0.248 e. The van der Waals surface area contributed by atoms with Gasteiger partial charge < -0.3 is 20.1 Å². The van der Waals surface area contributed by atoms with Crippen molar-refractivity contribution in [1.82, 2.24) is 34.9 Å². The minimum Gasteiger partial charge on any atom is -0.349 e. The van der Waals surface area contributed by atoms with Crippen LogP contribution in [0.2, 0.25) is 5.02 Å². The molecule has 0 spiro atoms. The Morgan fingerprint density at radius 1 is 1.17 bits per heavy atom. The number of nitrogens with zero attached hydrogens (tertiary/aromatic N) is 7. The Hall–Kier alpha value is -3.50. The summed E-state index contributed by atoms with van der Waals surface area (Å²) in [7, 11) is 0. The highest BCUT2D eigenvalue weighted by Crippen LogP contribution is 2.40. The molecule has 2 aliphatic heterocycles. The number of nitrogens with one attached hydrogen (secondary N) is 1. The maximum Gasteiger partial charge on any atom is 0.248 e. The van der Waals surface area contributed by atoms with Crippen molar-refractivity contribution < 1.29 is 4.52 Å². The monoisotopic (exact) mass is 489 g/mol. The molecular weight excluding hydrogens is 466 g/mol. The van der Waals surface area contributed by atoms with E-state index in [1.165, 1.54) is 12.8 Å². The zero-order chi connectivity index (χ0) is 23.7. The van der Waals surface area contributed by atoms with Crippen LogP contribution in [-0.4, -0.2) is 53.0 Å². The van der Waals surface area contributed by atoms with Gasteiger partial charge in [0.25, 0.3) is 0 Å². The minimum atomic E-state index is 0.287. The number of hydrogen-bond acceptors (Lipinski definition) is 8. The van der Waals surface area contributed by atoms with Gasteiger partial charge in [0.1, 0.15) is 17.9 Å². The molecule has 3 atom stereocenters. The number of piperidine rings is 1. The minimum absolute atomic E-state index is 0.287. The maximum atomic E-state index is 6.88. The molecule has 10 nitrogen and oxygen atoms in total. The predicted molar refractivity (Wildman–Crippen MR) is 132 cm³/mol. The quantitative estimate of drug-likeness (QED) is 0.390. The van der Waals surface area contributed by atoms with Crippen molar-refractivity contribution in [3.63, 3.8) is 0 Å². The molecule has 0 amide bonds. The average molecular weight is 490 g/mol. The summed E-state index contributed by atoms with van der Waals surface area (Å²) in [5.74, 6) is 2.01. The van der Waals surface area contributed by atoms with Gasteiger partial charge in [-0.25, -0.2) is 9.97 Å². The highest BCUT2D eigenvalue weighted by atomic mass is 35.5. The van der Waals surface area contributed by atoms with Crippen LogP contribution >= 0.6 is 11.6 Å². The van der Waals surface area contributed by atoms with Gasteiger partial charge in [-0.2, -0.15) is 10.1 Å². The molecular formula is C24H24ClN9O. The van der Waals surface area contributed by atoms with Crippen LogP contribution in [0.4, 0.5) is 5.82 Å². The summed E-state index contributed by atoms with van der Waals surface area (Å²) in [6.07, 6.45) is 10.1. The lowest BCUT2D eigenvalue weighted by Crippen LogP contribution is -2.47. The summed E-state index contributed by atoms with van der Waals surface area (Å²) in [5, 5.41) is 9.90. The van der Waals surface area contributed by atoms with Gasteiger partial charge in [-0.1, -0.05) is 22.8 Å². The fourth-order valence-corrected chi connectivity index (χ4v) is 6.06. The Morgan fingerprint density at radius 3 is 2.77 bits per heavy atom. The zero-order valence-electron chi connectivity index (χ0n) is 19.1. The van der Waals surface area contributed by atoms with Crippen LogP contribution in [0.5, 0.6) is 0 Å². The van der Waals surface area contributed by atoms with Gasteiger partial charge in [-0.3, -0.25) is 4.68 Å². The second-order valence-corrected chi connectivity index (χ2v) is 9.95. The van der Waals surface area contributed by atoms with E-state index in [9.17, 15) is 0 Å². The molecule has 2 saturated heterocycles. The van der Waals surface area contributed by atoms with Crippen LogP contribution in [0.15, 0.2) is 35.2 Å². The number of nitrogens with two attached hydrogens (primary N) is 1. The number of aromatic nitrogens is 7. The first-order valence-corrected chi connectivity index (χ1v) is 12.2. The summed E-state index contributed by atoms with van der Waals surface area (Å²) in [6, 6.07) is 5.13.